The minimum Gasteiger partial charge on any atom is -0.398 e. The molecule has 2 rings (SSSR count). The number of rotatable bonds is 4. The summed E-state index contributed by atoms with van der Waals surface area (Å²) in [6, 6.07) is 5.54. The predicted molar refractivity (Wildman–Crippen MR) is 76.8 cm³/mol. The van der Waals surface area contributed by atoms with Gasteiger partial charge in [-0.15, -0.1) is 11.8 Å². The highest BCUT2D eigenvalue weighted by molar-refractivity contribution is 7.99. The molecule has 5 N–H and O–H groups in total. The molecule has 1 aromatic rings. The zero-order chi connectivity index (χ0) is 13.8. The number of hydrogen-bond donors (Lipinski definition) is 3. The Morgan fingerprint density at radius 1 is 1.53 bits per heavy atom. The van der Waals surface area contributed by atoms with Crippen molar-refractivity contribution < 1.29 is 9.53 Å². The van der Waals surface area contributed by atoms with Crippen LogP contribution in [0.1, 0.15) is 12.8 Å². The van der Waals surface area contributed by atoms with Crippen LogP contribution in [0.2, 0.25) is 5.02 Å². The SMILES string of the molecule is NNC(=O)C1CCC(CSc2ccc(N)c(Cl)c2)O1. The Kier molecular flexibility index (Phi) is 4.93. The number of benzene rings is 1. The van der Waals surface area contributed by atoms with Crippen LogP contribution in [0, 0.1) is 0 Å². The monoisotopic (exact) mass is 301 g/mol. The first-order valence-corrected chi connectivity index (χ1v) is 7.30. The Morgan fingerprint density at radius 3 is 3.00 bits per heavy atom. The van der Waals surface area contributed by atoms with Crippen LogP contribution in [0.4, 0.5) is 5.69 Å². The topological polar surface area (TPSA) is 90.4 Å². The molecule has 0 bridgehead atoms. The van der Waals surface area contributed by atoms with Gasteiger partial charge in [-0.05, 0) is 31.0 Å². The fraction of sp³-hybridized carbons (Fsp3) is 0.417. The standard InChI is InChI=1S/C12H16ClN3O2S/c13-9-5-8(2-3-10(9)14)19-6-7-1-4-11(18-7)12(17)16-15/h2-3,5,7,11H,1,4,6,14-15H2,(H,16,17). The van der Waals surface area contributed by atoms with Crippen LogP contribution in [0.25, 0.3) is 0 Å². The van der Waals surface area contributed by atoms with Crippen LogP contribution < -0.4 is 17.0 Å². The van der Waals surface area contributed by atoms with Gasteiger partial charge in [0.1, 0.15) is 6.10 Å². The molecule has 104 valence electrons. The number of thioether (sulfide) groups is 1. The molecule has 1 heterocycles. The molecule has 5 nitrogen and oxygen atoms in total. The number of amides is 1. The van der Waals surface area contributed by atoms with Crippen LogP contribution >= 0.6 is 23.4 Å². The second kappa shape index (κ2) is 6.47. The third-order valence-electron chi connectivity index (χ3n) is 2.95. The van der Waals surface area contributed by atoms with Crippen molar-refractivity contribution >= 4 is 35.0 Å². The summed E-state index contributed by atoms with van der Waals surface area (Å²) in [4.78, 5) is 12.4. The zero-order valence-electron chi connectivity index (χ0n) is 10.3. The summed E-state index contributed by atoms with van der Waals surface area (Å²) in [5.74, 6) is 5.59. The van der Waals surface area contributed by atoms with E-state index in [-0.39, 0.29) is 12.0 Å². The average molecular weight is 302 g/mol. The summed E-state index contributed by atoms with van der Waals surface area (Å²) in [5, 5.41) is 0.553. The largest absolute Gasteiger partial charge is 0.398 e. The Morgan fingerprint density at radius 2 is 2.32 bits per heavy atom. The minimum absolute atomic E-state index is 0.0589. The van der Waals surface area contributed by atoms with Gasteiger partial charge in [0.05, 0.1) is 16.8 Å². The highest BCUT2D eigenvalue weighted by Gasteiger charge is 2.30. The second-order valence-electron chi connectivity index (χ2n) is 4.33. The van der Waals surface area contributed by atoms with Crippen LogP contribution in [-0.4, -0.2) is 23.9 Å². The van der Waals surface area contributed by atoms with Gasteiger partial charge in [-0.1, -0.05) is 11.6 Å². The molecule has 19 heavy (non-hydrogen) atoms. The van der Waals surface area contributed by atoms with E-state index < -0.39 is 6.10 Å². The third-order valence-corrected chi connectivity index (χ3v) is 4.40. The molecule has 0 aliphatic carbocycles. The average Bonchev–Trinajstić information content (AvgIpc) is 2.88. The predicted octanol–water partition coefficient (Wildman–Crippen LogP) is 1.55. The summed E-state index contributed by atoms with van der Waals surface area (Å²) in [6.07, 6.45) is 1.19. The first-order valence-electron chi connectivity index (χ1n) is 5.94. The Bertz CT molecular complexity index is 472. The molecule has 1 fully saturated rings. The normalized spacial score (nSPS) is 22.4. The lowest BCUT2D eigenvalue weighted by atomic mass is 10.2. The number of nitrogens with two attached hydrogens (primary N) is 2. The Labute approximate surface area is 121 Å². The third kappa shape index (κ3) is 3.76. The molecule has 2 unspecified atom stereocenters. The van der Waals surface area contributed by atoms with E-state index in [1.165, 1.54) is 0 Å². The molecule has 1 aliphatic rings. The van der Waals surface area contributed by atoms with E-state index in [1.54, 1.807) is 17.8 Å². The number of nitrogens with one attached hydrogen (secondary N) is 1. The zero-order valence-corrected chi connectivity index (χ0v) is 11.8. The van der Waals surface area contributed by atoms with E-state index in [0.717, 1.165) is 17.1 Å². The van der Waals surface area contributed by atoms with Crippen molar-refractivity contribution in [2.75, 3.05) is 11.5 Å². The van der Waals surface area contributed by atoms with Gasteiger partial charge in [-0.3, -0.25) is 10.2 Å². The van der Waals surface area contributed by atoms with Crippen molar-refractivity contribution in [1.29, 1.82) is 0 Å². The molecule has 7 heteroatoms. The Hall–Kier alpha value is -0.950. The van der Waals surface area contributed by atoms with Gasteiger partial charge in [-0.2, -0.15) is 0 Å². The lowest BCUT2D eigenvalue weighted by Crippen LogP contribution is -2.39. The molecule has 0 radical (unpaired) electrons. The number of carbonyl (C=O) groups is 1. The van der Waals surface area contributed by atoms with Crippen molar-refractivity contribution in [3.8, 4) is 0 Å². The molecular weight excluding hydrogens is 286 g/mol. The van der Waals surface area contributed by atoms with E-state index >= 15 is 0 Å². The maximum atomic E-state index is 11.3. The number of halogens is 1. The van der Waals surface area contributed by atoms with E-state index in [9.17, 15) is 4.79 Å². The molecule has 1 saturated heterocycles. The van der Waals surface area contributed by atoms with E-state index in [2.05, 4.69) is 5.43 Å². The van der Waals surface area contributed by atoms with E-state index in [4.69, 9.17) is 27.9 Å². The van der Waals surface area contributed by atoms with Gasteiger partial charge < -0.3 is 10.5 Å². The van der Waals surface area contributed by atoms with Crippen molar-refractivity contribution in [2.45, 2.75) is 29.9 Å². The van der Waals surface area contributed by atoms with Crippen LogP contribution in [0.5, 0.6) is 0 Å². The van der Waals surface area contributed by atoms with Crippen molar-refractivity contribution in [1.82, 2.24) is 5.43 Å². The van der Waals surface area contributed by atoms with Gasteiger partial charge in [-0.25, -0.2) is 5.84 Å². The molecule has 1 amide bonds. The first kappa shape index (κ1) is 14.5. The fourth-order valence-electron chi connectivity index (χ4n) is 1.90. The number of nitrogen functional groups attached to an aromatic ring is 1. The maximum Gasteiger partial charge on any atom is 0.263 e. The quantitative estimate of drug-likeness (QED) is 0.258. The van der Waals surface area contributed by atoms with Crippen LogP contribution in [0.3, 0.4) is 0 Å². The maximum absolute atomic E-state index is 11.3. The summed E-state index contributed by atoms with van der Waals surface area (Å²) >= 11 is 7.59. The number of anilines is 1. The molecule has 0 aromatic heterocycles. The Balaban J connectivity index is 1.83. The number of hydrazine groups is 1. The number of ether oxygens (including phenoxy) is 1. The van der Waals surface area contributed by atoms with Crippen molar-refractivity contribution in [2.24, 2.45) is 5.84 Å². The van der Waals surface area contributed by atoms with Gasteiger partial charge in [0, 0.05) is 10.6 Å². The van der Waals surface area contributed by atoms with Crippen molar-refractivity contribution in [3.63, 3.8) is 0 Å². The molecule has 0 saturated carbocycles. The molecule has 0 spiro atoms. The lowest BCUT2D eigenvalue weighted by Gasteiger charge is -2.12. The fourth-order valence-corrected chi connectivity index (χ4v) is 3.14. The van der Waals surface area contributed by atoms with Crippen LogP contribution in [0.15, 0.2) is 23.1 Å². The van der Waals surface area contributed by atoms with E-state index in [0.29, 0.717) is 17.1 Å². The van der Waals surface area contributed by atoms with Crippen molar-refractivity contribution in [3.05, 3.63) is 23.2 Å². The van der Waals surface area contributed by atoms with Gasteiger partial charge in [0.25, 0.3) is 5.91 Å². The van der Waals surface area contributed by atoms with Gasteiger partial charge in [0.15, 0.2) is 0 Å². The molecule has 1 aromatic carbocycles. The number of carbonyl (C=O) groups excluding carboxylic acids is 1. The van der Waals surface area contributed by atoms with Crippen LogP contribution in [-0.2, 0) is 9.53 Å². The van der Waals surface area contributed by atoms with E-state index in [1.807, 2.05) is 12.1 Å². The summed E-state index contributed by atoms with van der Waals surface area (Å²) in [5.41, 5.74) is 8.34. The lowest BCUT2D eigenvalue weighted by molar-refractivity contribution is -0.131. The molecule has 1 aliphatic heterocycles. The highest BCUT2D eigenvalue weighted by Crippen LogP contribution is 2.30. The smallest absolute Gasteiger partial charge is 0.263 e. The summed E-state index contributed by atoms with van der Waals surface area (Å²) in [7, 11) is 0. The molecular formula is C12H16ClN3O2S. The number of hydrogen-bond acceptors (Lipinski definition) is 5. The van der Waals surface area contributed by atoms with Gasteiger partial charge >= 0.3 is 0 Å². The van der Waals surface area contributed by atoms with Gasteiger partial charge in [0.2, 0.25) is 0 Å². The highest BCUT2D eigenvalue weighted by atomic mass is 35.5. The minimum atomic E-state index is -0.425. The second-order valence-corrected chi connectivity index (χ2v) is 5.83. The first-order chi connectivity index (χ1) is 9.10. The summed E-state index contributed by atoms with van der Waals surface area (Å²) < 4.78 is 5.62. The molecule has 2 atom stereocenters. The summed E-state index contributed by atoms with van der Waals surface area (Å²) in [6.45, 7) is 0.